The van der Waals surface area contributed by atoms with Crippen LogP contribution in [0, 0.1) is 11.7 Å². The lowest BCUT2D eigenvalue weighted by molar-refractivity contribution is -0.128. The molecule has 110 valence electrons. The molecule has 1 aromatic rings. The first-order valence-corrected chi connectivity index (χ1v) is 7.31. The average molecular weight is 278 g/mol. The predicted octanol–water partition coefficient (Wildman–Crippen LogP) is 2.39. The minimum Gasteiger partial charge on any atom is -0.354 e. The van der Waals surface area contributed by atoms with Crippen molar-refractivity contribution in [2.24, 2.45) is 11.7 Å². The van der Waals surface area contributed by atoms with Gasteiger partial charge < -0.3 is 11.1 Å². The number of benzene rings is 1. The van der Waals surface area contributed by atoms with Crippen LogP contribution in [-0.2, 0) is 11.2 Å². The van der Waals surface area contributed by atoms with E-state index in [2.05, 4.69) is 12.2 Å². The van der Waals surface area contributed by atoms with Gasteiger partial charge in [-0.25, -0.2) is 4.39 Å². The van der Waals surface area contributed by atoms with Crippen molar-refractivity contribution in [3.63, 3.8) is 0 Å². The Labute approximate surface area is 119 Å². The molecule has 0 spiro atoms. The Morgan fingerprint density at radius 1 is 1.55 bits per heavy atom. The van der Waals surface area contributed by atoms with Crippen LogP contribution in [0.25, 0.3) is 0 Å². The van der Waals surface area contributed by atoms with Crippen molar-refractivity contribution in [2.45, 2.75) is 44.6 Å². The van der Waals surface area contributed by atoms with Gasteiger partial charge in [0, 0.05) is 6.54 Å². The molecule has 2 unspecified atom stereocenters. The van der Waals surface area contributed by atoms with Gasteiger partial charge in [-0.2, -0.15) is 0 Å². The van der Waals surface area contributed by atoms with Gasteiger partial charge in [-0.1, -0.05) is 31.9 Å². The molecule has 3 nitrogen and oxygen atoms in total. The van der Waals surface area contributed by atoms with Crippen LogP contribution >= 0.6 is 0 Å². The van der Waals surface area contributed by atoms with Crippen molar-refractivity contribution >= 4 is 5.91 Å². The molecule has 1 aliphatic rings. The summed E-state index contributed by atoms with van der Waals surface area (Å²) in [5.41, 5.74) is 6.38. The molecule has 0 aliphatic heterocycles. The van der Waals surface area contributed by atoms with Crippen LogP contribution in [0.5, 0.6) is 0 Å². The van der Waals surface area contributed by atoms with Crippen LogP contribution in [0.15, 0.2) is 24.3 Å². The number of carbonyl (C=O) groups is 1. The standard InChI is InChI=1S/C16H23FN2O/c1-12-4-3-8-16(18,11-12)15(20)19-9-7-13-5-2-6-14(17)10-13/h2,5-6,10,12H,3-4,7-9,11,18H2,1H3,(H,19,20). The van der Waals surface area contributed by atoms with Gasteiger partial charge in [0.15, 0.2) is 0 Å². The lowest BCUT2D eigenvalue weighted by atomic mass is 9.76. The maximum Gasteiger partial charge on any atom is 0.240 e. The summed E-state index contributed by atoms with van der Waals surface area (Å²) in [4.78, 5) is 12.2. The van der Waals surface area contributed by atoms with E-state index < -0.39 is 5.54 Å². The second kappa shape index (κ2) is 6.35. The summed E-state index contributed by atoms with van der Waals surface area (Å²) in [6.45, 7) is 2.64. The average Bonchev–Trinajstić information content (AvgIpc) is 2.38. The normalized spacial score (nSPS) is 26.2. The Morgan fingerprint density at radius 2 is 2.35 bits per heavy atom. The van der Waals surface area contributed by atoms with Crippen molar-refractivity contribution in [3.8, 4) is 0 Å². The molecular formula is C16H23FN2O. The highest BCUT2D eigenvalue weighted by molar-refractivity contribution is 5.86. The van der Waals surface area contributed by atoms with Crippen LogP contribution in [0.2, 0.25) is 0 Å². The van der Waals surface area contributed by atoms with Crippen molar-refractivity contribution in [1.82, 2.24) is 5.32 Å². The van der Waals surface area contributed by atoms with E-state index in [4.69, 9.17) is 5.73 Å². The smallest absolute Gasteiger partial charge is 0.240 e. The number of nitrogens with two attached hydrogens (primary N) is 1. The van der Waals surface area contributed by atoms with Crippen LogP contribution in [0.3, 0.4) is 0 Å². The summed E-state index contributed by atoms with van der Waals surface area (Å²) >= 11 is 0. The van der Waals surface area contributed by atoms with Gasteiger partial charge in [-0.3, -0.25) is 4.79 Å². The molecule has 2 rings (SSSR count). The molecule has 0 heterocycles. The fraction of sp³-hybridized carbons (Fsp3) is 0.562. The zero-order valence-electron chi connectivity index (χ0n) is 12.0. The molecule has 4 heteroatoms. The van der Waals surface area contributed by atoms with Crippen molar-refractivity contribution in [1.29, 1.82) is 0 Å². The van der Waals surface area contributed by atoms with Gasteiger partial charge >= 0.3 is 0 Å². The number of amides is 1. The minimum absolute atomic E-state index is 0.0690. The molecule has 1 amide bonds. The highest BCUT2D eigenvalue weighted by atomic mass is 19.1. The van der Waals surface area contributed by atoms with E-state index in [1.807, 2.05) is 6.07 Å². The summed E-state index contributed by atoms with van der Waals surface area (Å²) in [6.07, 6.45) is 4.28. The zero-order chi connectivity index (χ0) is 14.6. The van der Waals surface area contributed by atoms with Crippen molar-refractivity contribution in [2.75, 3.05) is 6.54 Å². The first kappa shape index (κ1) is 15.0. The van der Waals surface area contributed by atoms with E-state index in [-0.39, 0.29) is 11.7 Å². The largest absolute Gasteiger partial charge is 0.354 e. The Morgan fingerprint density at radius 3 is 3.05 bits per heavy atom. The van der Waals surface area contributed by atoms with E-state index in [0.717, 1.165) is 31.2 Å². The van der Waals surface area contributed by atoms with Crippen LogP contribution in [0.4, 0.5) is 4.39 Å². The van der Waals surface area contributed by atoms with Gasteiger partial charge in [0.1, 0.15) is 5.82 Å². The van der Waals surface area contributed by atoms with E-state index in [1.165, 1.54) is 12.1 Å². The lowest BCUT2D eigenvalue weighted by Gasteiger charge is -2.35. The molecule has 3 N–H and O–H groups in total. The first-order chi connectivity index (χ1) is 9.49. The Bertz CT molecular complexity index is 477. The number of nitrogens with one attached hydrogen (secondary N) is 1. The van der Waals surface area contributed by atoms with Gasteiger partial charge in [-0.15, -0.1) is 0 Å². The number of hydrogen-bond donors (Lipinski definition) is 2. The van der Waals surface area contributed by atoms with Gasteiger partial charge in [0.2, 0.25) is 5.91 Å². The van der Waals surface area contributed by atoms with E-state index in [1.54, 1.807) is 6.07 Å². The zero-order valence-corrected chi connectivity index (χ0v) is 12.0. The highest BCUT2D eigenvalue weighted by Crippen LogP contribution is 2.30. The summed E-state index contributed by atoms with van der Waals surface area (Å²) in [7, 11) is 0. The SMILES string of the molecule is CC1CCCC(N)(C(=O)NCCc2cccc(F)c2)C1. The second-order valence-corrected chi connectivity index (χ2v) is 5.99. The Hall–Kier alpha value is -1.42. The summed E-state index contributed by atoms with van der Waals surface area (Å²) in [6, 6.07) is 6.45. The number of hydrogen-bond acceptors (Lipinski definition) is 2. The fourth-order valence-electron chi connectivity index (χ4n) is 2.99. The maximum absolute atomic E-state index is 13.0. The molecule has 2 atom stereocenters. The number of rotatable bonds is 4. The van der Waals surface area contributed by atoms with Crippen LogP contribution < -0.4 is 11.1 Å². The molecule has 0 radical (unpaired) electrons. The summed E-state index contributed by atoms with van der Waals surface area (Å²) < 4.78 is 13.0. The van der Waals surface area contributed by atoms with Crippen molar-refractivity contribution < 1.29 is 9.18 Å². The number of carbonyl (C=O) groups excluding carboxylic acids is 1. The van der Waals surface area contributed by atoms with Gasteiger partial charge in [0.25, 0.3) is 0 Å². The minimum atomic E-state index is -0.723. The lowest BCUT2D eigenvalue weighted by Crippen LogP contribution is -2.56. The highest BCUT2D eigenvalue weighted by Gasteiger charge is 2.37. The molecule has 1 aliphatic carbocycles. The van der Waals surface area contributed by atoms with Crippen LogP contribution in [0.1, 0.15) is 38.2 Å². The molecule has 0 aromatic heterocycles. The maximum atomic E-state index is 13.0. The third-order valence-corrected chi connectivity index (χ3v) is 4.07. The van der Waals surface area contributed by atoms with Gasteiger partial charge in [0.05, 0.1) is 5.54 Å². The van der Waals surface area contributed by atoms with E-state index in [0.29, 0.717) is 18.9 Å². The van der Waals surface area contributed by atoms with Crippen LogP contribution in [-0.4, -0.2) is 18.0 Å². The molecule has 1 aromatic carbocycles. The monoisotopic (exact) mass is 278 g/mol. The molecule has 1 saturated carbocycles. The topological polar surface area (TPSA) is 55.1 Å². The molecule has 1 fully saturated rings. The molecule has 0 bridgehead atoms. The third kappa shape index (κ3) is 3.79. The first-order valence-electron chi connectivity index (χ1n) is 7.31. The quantitative estimate of drug-likeness (QED) is 0.888. The Balaban J connectivity index is 1.83. The molecule has 20 heavy (non-hydrogen) atoms. The molecule has 0 saturated heterocycles. The van der Waals surface area contributed by atoms with Gasteiger partial charge in [-0.05, 0) is 42.9 Å². The predicted molar refractivity (Wildman–Crippen MR) is 77.7 cm³/mol. The second-order valence-electron chi connectivity index (χ2n) is 5.99. The van der Waals surface area contributed by atoms with E-state index in [9.17, 15) is 9.18 Å². The number of halogens is 1. The van der Waals surface area contributed by atoms with E-state index >= 15 is 0 Å². The fourth-order valence-corrected chi connectivity index (χ4v) is 2.99. The van der Waals surface area contributed by atoms with Crippen molar-refractivity contribution in [3.05, 3.63) is 35.6 Å². The summed E-state index contributed by atoms with van der Waals surface area (Å²) in [5, 5.41) is 2.89. The molecular weight excluding hydrogens is 255 g/mol. The Kier molecular flexibility index (Phi) is 4.76. The third-order valence-electron chi connectivity index (χ3n) is 4.07. The summed E-state index contributed by atoms with van der Waals surface area (Å²) in [5.74, 6) is 0.188.